The molecule has 2 aromatic rings. The first kappa shape index (κ1) is 26.3. The molecule has 1 aromatic carbocycles. The molecular formula is C26H39N9O2. The minimum absolute atomic E-state index is 0.0357. The molecule has 1 unspecified atom stereocenters. The molecule has 2 aliphatic heterocycles. The Bertz CT molecular complexity index is 1200. The Balaban J connectivity index is 1.51. The summed E-state index contributed by atoms with van der Waals surface area (Å²) in [6, 6.07) is 8.11. The van der Waals surface area contributed by atoms with Gasteiger partial charge >= 0.3 is 5.69 Å². The van der Waals surface area contributed by atoms with E-state index in [0.717, 1.165) is 44.5 Å². The molecule has 4 rings (SSSR count). The zero-order valence-electron chi connectivity index (χ0n) is 21.7. The second-order valence-electron chi connectivity index (χ2n) is 10.1. The zero-order chi connectivity index (χ0) is 26.5. The van der Waals surface area contributed by atoms with Crippen molar-refractivity contribution in [3.05, 3.63) is 64.2 Å². The Morgan fingerprint density at radius 2 is 1.78 bits per heavy atom. The summed E-state index contributed by atoms with van der Waals surface area (Å²) < 4.78 is 3.47. The standard InChI is InChI=1S/C26H39N9O2/c1-17(2)34-14-15-35(26(34)37)21-4-3-13-33(16-21)25(29)32-24(22(27)23(28)36)31-20-7-5-18(6-8-20)19-9-11-30-12-10-19/h5-8,14-15,17,19,21,30-31H,3-4,9-13,16,27H2,1-2H3,(H2,28,36)(H2,29,32)/b24-22-. The van der Waals surface area contributed by atoms with Crippen molar-refractivity contribution in [1.29, 1.82) is 0 Å². The molecule has 0 radical (unpaired) electrons. The SMILES string of the molecule is CC(C)n1ccn(C2CCCN(/C(N)=N/C(Nc3ccc(C4CCNCC4)cc3)=C(\N)C(N)=O)C2)c1=O. The van der Waals surface area contributed by atoms with Crippen molar-refractivity contribution in [2.24, 2.45) is 22.2 Å². The van der Waals surface area contributed by atoms with Crippen molar-refractivity contribution in [2.75, 3.05) is 31.5 Å². The third-order valence-electron chi connectivity index (χ3n) is 7.23. The van der Waals surface area contributed by atoms with Crippen LogP contribution < -0.4 is 33.5 Å². The lowest BCUT2D eigenvalue weighted by molar-refractivity contribution is -0.114. The number of imidazole rings is 1. The van der Waals surface area contributed by atoms with Crippen LogP contribution in [0.1, 0.15) is 63.1 Å². The van der Waals surface area contributed by atoms with E-state index in [-0.39, 0.29) is 35.3 Å². The minimum Gasteiger partial charge on any atom is -0.391 e. The van der Waals surface area contributed by atoms with Gasteiger partial charge in [-0.15, -0.1) is 0 Å². The van der Waals surface area contributed by atoms with Crippen LogP contribution in [0.3, 0.4) is 0 Å². The number of piperidine rings is 2. The van der Waals surface area contributed by atoms with E-state index in [9.17, 15) is 9.59 Å². The summed E-state index contributed by atoms with van der Waals surface area (Å²) in [5.74, 6) is 0.0547. The van der Waals surface area contributed by atoms with Gasteiger partial charge in [-0.1, -0.05) is 12.1 Å². The number of primary amides is 1. The molecule has 200 valence electrons. The van der Waals surface area contributed by atoms with Crippen molar-refractivity contribution in [2.45, 2.75) is 57.5 Å². The van der Waals surface area contributed by atoms with Crippen molar-refractivity contribution >= 4 is 17.6 Å². The second kappa shape index (κ2) is 11.5. The molecule has 1 atom stereocenters. The van der Waals surface area contributed by atoms with Gasteiger partial charge in [0.15, 0.2) is 11.8 Å². The van der Waals surface area contributed by atoms with E-state index in [1.165, 1.54) is 5.56 Å². The highest BCUT2D eigenvalue weighted by molar-refractivity contribution is 5.93. The topological polar surface area (TPSA) is 162 Å². The number of anilines is 1. The molecule has 0 bridgehead atoms. The number of amides is 1. The lowest BCUT2D eigenvalue weighted by Crippen LogP contribution is -2.46. The summed E-state index contributed by atoms with van der Waals surface area (Å²) >= 11 is 0. The van der Waals surface area contributed by atoms with Crippen LogP contribution in [-0.2, 0) is 4.79 Å². The van der Waals surface area contributed by atoms with Gasteiger partial charge < -0.3 is 32.7 Å². The number of nitrogens with two attached hydrogens (primary N) is 3. The van der Waals surface area contributed by atoms with Gasteiger partial charge in [0.1, 0.15) is 5.70 Å². The van der Waals surface area contributed by atoms with E-state index in [1.807, 2.05) is 43.3 Å². The maximum Gasteiger partial charge on any atom is 0.328 e. The molecular weight excluding hydrogens is 470 g/mol. The van der Waals surface area contributed by atoms with Crippen LogP contribution in [-0.4, -0.2) is 52.1 Å². The highest BCUT2D eigenvalue weighted by Gasteiger charge is 2.25. The number of nitrogens with zero attached hydrogens (tertiary/aromatic N) is 4. The van der Waals surface area contributed by atoms with E-state index in [1.54, 1.807) is 9.13 Å². The van der Waals surface area contributed by atoms with Crippen molar-refractivity contribution in [3.8, 4) is 0 Å². The van der Waals surface area contributed by atoms with Crippen LogP contribution >= 0.6 is 0 Å². The number of aromatic nitrogens is 2. The zero-order valence-corrected chi connectivity index (χ0v) is 21.7. The first-order valence-corrected chi connectivity index (χ1v) is 13.0. The number of carbonyl (C=O) groups excluding carboxylic acids is 1. The van der Waals surface area contributed by atoms with Crippen molar-refractivity contribution in [1.82, 2.24) is 19.4 Å². The normalized spacial score (nSPS) is 20.1. The smallest absolute Gasteiger partial charge is 0.328 e. The van der Waals surface area contributed by atoms with Crippen LogP contribution in [0.2, 0.25) is 0 Å². The van der Waals surface area contributed by atoms with Crippen LogP contribution in [0, 0.1) is 0 Å². The maximum atomic E-state index is 12.8. The summed E-state index contributed by atoms with van der Waals surface area (Å²) in [7, 11) is 0. The number of carbonyl (C=O) groups is 1. The molecule has 11 nitrogen and oxygen atoms in total. The number of likely N-dealkylation sites (tertiary alicyclic amines) is 1. The van der Waals surface area contributed by atoms with Gasteiger partial charge in [0.2, 0.25) is 0 Å². The number of aliphatic imine (C=N–C) groups is 1. The predicted octanol–water partition coefficient (Wildman–Crippen LogP) is 1.37. The fourth-order valence-electron chi connectivity index (χ4n) is 5.05. The third kappa shape index (κ3) is 6.16. The summed E-state index contributed by atoms with van der Waals surface area (Å²) in [6.07, 6.45) is 7.57. The Morgan fingerprint density at radius 1 is 1.08 bits per heavy atom. The minimum atomic E-state index is -0.788. The molecule has 2 aliphatic rings. The number of nitrogens with one attached hydrogen (secondary N) is 2. The van der Waals surface area contributed by atoms with E-state index < -0.39 is 5.91 Å². The van der Waals surface area contributed by atoms with Crippen molar-refractivity contribution in [3.63, 3.8) is 0 Å². The van der Waals surface area contributed by atoms with Crippen molar-refractivity contribution < 1.29 is 4.79 Å². The molecule has 0 aliphatic carbocycles. The molecule has 2 saturated heterocycles. The van der Waals surface area contributed by atoms with E-state index in [2.05, 4.69) is 27.8 Å². The third-order valence-corrected chi connectivity index (χ3v) is 7.23. The number of hydrogen-bond donors (Lipinski definition) is 5. The largest absolute Gasteiger partial charge is 0.391 e. The molecule has 8 N–H and O–H groups in total. The van der Waals surface area contributed by atoms with Gasteiger partial charge in [0, 0.05) is 37.2 Å². The lowest BCUT2D eigenvalue weighted by Gasteiger charge is -2.33. The average molecular weight is 510 g/mol. The predicted molar refractivity (Wildman–Crippen MR) is 146 cm³/mol. The van der Waals surface area contributed by atoms with Gasteiger partial charge in [-0.2, -0.15) is 4.99 Å². The fraction of sp³-hybridized carbons (Fsp3) is 0.500. The fourth-order valence-corrected chi connectivity index (χ4v) is 5.05. The number of hydrogen-bond acceptors (Lipinski definition) is 6. The molecule has 0 spiro atoms. The lowest BCUT2D eigenvalue weighted by atomic mass is 9.90. The van der Waals surface area contributed by atoms with E-state index in [4.69, 9.17) is 17.2 Å². The van der Waals surface area contributed by atoms with Gasteiger partial charge in [-0.05, 0) is 76.2 Å². The van der Waals surface area contributed by atoms with E-state index >= 15 is 0 Å². The van der Waals surface area contributed by atoms with Crippen LogP contribution in [0.25, 0.3) is 0 Å². The highest BCUT2D eigenvalue weighted by Crippen LogP contribution is 2.27. The summed E-state index contributed by atoms with van der Waals surface area (Å²) in [4.78, 5) is 31.1. The molecule has 0 saturated carbocycles. The first-order valence-electron chi connectivity index (χ1n) is 13.0. The van der Waals surface area contributed by atoms with Gasteiger partial charge in [-0.3, -0.25) is 13.9 Å². The molecule has 1 aromatic heterocycles. The summed E-state index contributed by atoms with van der Waals surface area (Å²) in [6.45, 7) is 7.21. The van der Waals surface area contributed by atoms with Gasteiger partial charge in [0.25, 0.3) is 5.91 Å². The molecule has 3 heterocycles. The first-order chi connectivity index (χ1) is 17.7. The van der Waals surface area contributed by atoms with Crippen LogP contribution in [0.5, 0.6) is 0 Å². The summed E-state index contributed by atoms with van der Waals surface area (Å²) in [5, 5.41) is 6.50. The van der Waals surface area contributed by atoms with Gasteiger partial charge in [-0.25, -0.2) is 4.79 Å². The van der Waals surface area contributed by atoms with Gasteiger partial charge in [0.05, 0.1) is 6.04 Å². The Morgan fingerprint density at radius 3 is 2.41 bits per heavy atom. The average Bonchev–Trinajstić information content (AvgIpc) is 3.30. The monoisotopic (exact) mass is 509 g/mol. The molecule has 37 heavy (non-hydrogen) atoms. The summed E-state index contributed by atoms with van der Waals surface area (Å²) in [5.41, 5.74) is 19.6. The van der Waals surface area contributed by atoms with Crippen LogP contribution in [0.4, 0.5) is 5.69 Å². The Kier molecular flexibility index (Phi) is 8.22. The van der Waals surface area contributed by atoms with Crippen LogP contribution in [0.15, 0.2) is 58.0 Å². The Labute approximate surface area is 217 Å². The highest BCUT2D eigenvalue weighted by atomic mass is 16.2. The maximum absolute atomic E-state index is 12.8. The number of guanidine groups is 1. The molecule has 2 fully saturated rings. The number of benzene rings is 1. The number of rotatable bonds is 7. The van der Waals surface area contributed by atoms with E-state index in [0.29, 0.717) is 19.0 Å². The molecule has 1 amide bonds. The molecule has 11 heteroatoms. The Hall–Kier alpha value is -3.73. The quantitative estimate of drug-likeness (QED) is 0.214. The second-order valence-corrected chi connectivity index (χ2v) is 10.1.